The van der Waals surface area contributed by atoms with E-state index in [4.69, 9.17) is 14.6 Å². The quantitative estimate of drug-likeness (QED) is 0.675. The molecule has 0 aromatic heterocycles. The van der Waals surface area contributed by atoms with E-state index >= 15 is 0 Å². The predicted octanol–water partition coefficient (Wildman–Crippen LogP) is 0.218. The van der Waals surface area contributed by atoms with Gasteiger partial charge in [0.25, 0.3) is 0 Å². The van der Waals surface area contributed by atoms with Gasteiger partial charge in [0, 0.05) is 7.11 Å². The minimum atomic E-state index is -0.811. The molecule has 1 fully saturated rings. The van der Waals surface area contributed by atoms with Gasteiger partial charge >= 0.3 is 5.97 Å². The van der Waals surface area contributed by atoms with Gasteiger partial charge in [0.1, 0.15) is 5.25 Å². The minimum absolute atomic E-state index is 0.260. The lowest BCUT2D eigenvalue weighted by Crippen LogP contribution is -2.35. The largest absolute Gasteiger partial charge is 0.480 e. The summed E-state index contributed by atoms with van der Waals surface area (Å²) in [5.41, 5.74) is 0. The normalized spacial score (nSPS) is 20.1. The SMILES string of the molecule is COCC(SC1COC1)C(=O)O. The van der Waals surface area contributed by atoms with Gasteiger partial charge in [-0.2, -0.15) is 0 Å². The molecule has 0 saturated carbocycles. The van der Waals surface area contributed by atoms with Crippen molar-refractivity contribution in [2.75, 3.05) is 26.9 Å². The molecule has 0 aliphatic carbocycles. The zero-order valence-corrected chi connectivity index (χ0v) is 7.67. The van der Waals surface area contributed by atoms with Crippen molar-refractivity contribution in [2.45, 2.75) is 10.5 Å². The second-order valence-corrected chi connectivity index (χ2v) is 4.09. The molecule has 0 spiro atoms. The van der Waals surface area contributed by atoms with Gasteiger partial charge in [-0.25, -0.2) is 0 Å². The van der Waals surface area contributed by atoms with Crippen LogP contribution in [0.4, 0.5) is 0 Å². The van der Waals surface area contributed by atoms with Gasteiger partial charge in [-0.1, -0.05) is 0 Å². The molecule has 1 rings (SSSR count). The highest BCUT2D eigenvalue weighted by Crippen LogP contribution is 2.24. The van der Waals surface area contributed by atoms with E-state index in [1.165, 1.54) is 18.9 Å². The third kappa shape index (κ3) is 2.66. The lowest BCUT2D eigenvalue weighted by Gasteiger charge is -2.27. The van der Waals surface area contributed by atoms with Gasteiger partial charge in [-0.05, 0) is 0 Å². The summed E-state index contributed by atoms with van der Waals surface area (Å²) in [6, 6.07) is 0. The summed E-state index contributed by atoms with van der Waals surface area (Å²) >= 11 is 1.41. The second kappa shape index (κ2) is 4.69. The lowest BCUT2D eigenvalue weighted by atomic mass is 10.4. The van der Waals surface area contributed by atoms with Crippen molar-refractivity contribution in [2.24, 2.45) is 0 Å². The molecule has 5 heteroatoms. The summed E-state index contributed by atoms with van der Waals surface area (Å²) in [5.74, 6) is -0.811. The molecular weight excluding hydrogens is 180 g/mol. The van der Waals surface area contributed by atoms with Crippen LogP contribution in [0.1, 0.15) is 0 Å². The van der Waals surface area contributed by atoms with E-state index in [9.17, 15) is 4.79 Å². The van der Waals surface area contributed by atoms with E-state index in [2.05, 4.69) is 0 Å². The average Bonchev–Trinajstić information content (AvgIpc) is 1.93. The van der Waals surface area contributed by atoms with E-state index in [1.54, 1.807) is 0 Å². The molecule has 0 aromatic carbocycles. The number of hydrogen-bond acceptors (Lipinski definition) is 4. The van der Waals surface area contributed by atoms with Crippen LogP contribution in [0, 0.1) is 0 Å². The Labute approximate surface area is 75.2 Å². The van der Waals surface area contributed by atoms with E-state index in [0.29, 0.717) is 18.5 Å². The van der Waals surface area contributed by atoms with Crippen LogP contribution >= 0.6 is 11.8 Å². The van der Waals surface area contributed by atoms with Crippen LogP contribution in [0.25, 0.3) is 0 Å². The number of carboxylic acids is 1. The molecular formula is C7H12O4S. The maximum absolute atomic E-state index is 10.6. The standard InChI is InChI=1S/C7H12O4S/c1-10-4-6(7(8)9)12-5-2-11-3-5/h5-6H,2-4H2,1H3,(H,8,9). The van der Waals surface area contributed by atoms with E-state index in [1.807, 2.05) is 0 Å². The van der Waals surface area contributed by atoms with Crippen LogP contribution in [0.3, 0.4) is 0 Å². The van der Waals surface area contributed by atoms with Crippen LogP contribution in [-0.4, -0.2) is 48.5 Å². The maximum Gasteiger partial charge on any atom is 0.319 e. The molecule has 1 saturated heterocycles. The number of rotatable bonds is 5. The van der Waals surface area contributed by atoms with E-state index < -0.39 is 11.2 Å². The van der Waals surface area contributed by atoms with Crippen LogP contribution < -0.4 is 0 Å². The van der Waals surface area contributed by atoms with Crippen molar-refractivity contribution in [3.63, 3.8) is 0 Å². The molecule has 12 heavy (non-hydrogen) atoms. The third-order valence-corrected chi connectivity index (χ3v) is 2.88. The number of ether oxygens (including phenoxy) is 2. The minimum Gasteiger partial charge on any atom is -0.480 e. The molecule has 1 heterocycles. The Bertz CT molecular complexity index is 157. The molecule has 1 atom stereocenters. The van der Waals surface area contributed by atoms with Crippen molar-refractivity contribution in [3.8, 4) is 0 Å². The Balaban J connectivity index is 2.26. The molecule has 1 aliphatic rings. The molecule has 0 amide bonds. The summed E-state index contributed by atoms with van der Waals surface area (Å²) in [6.07, 6.45) is 0. The highest BCUT2D eigenvalue weighted by Gasteiger charge is 2.27. The maximum atomic E-state index is 10.6. The Morgan fingerprint density at radius 3 is 2.83 bits per heavy atom. The van der Waals surface area contributed by atoms with Crippen molar-refractivity contribution in [1.29, 1.82) is 0 Å². The van der Waals surface area contributed by atoms with Crippen molar-refractivity contribution < 1.29 is 19.4 Å². The second-order valence-electron chi connectivity index (χ2n) is 2.58. The number of thioether (sulfide) groups is 1. The molecule has 4 nitrogen and oxygen atoms in total. The van der Waals surface area contributed by atoms with E-state index in [0.717, 1.165) is 0 Å². The summed E-state index contributed by atoms with van der Waals surface area (Å²) in [4.78, 5) is 10.6. The van der Waals surface area contributed by atoms with Crippen LogP contribution in [0.15, 0.2) is 0 Å². The lowest BCUT2D eigenvalue weighted by molar-refractivity contribution is -0.137. The Kier molecular flexibility index (Phi) is 3.84. The van der Waals surface area contributed by atoms with Crippen LogP contribution in [-0.2, 0) is 14.3 Å². The van der Waals surface area contributed by atoms with Crippen LogP contribution in [0.5, 0.6) is 0 Å². The number of carbonyl (C=O) groups is 1. The zero-order valence-electron chi connectivity index (χ0n) is 6.86. The number of aliphatic carboxylic acids is 1. The number of methoxy groups -OCH3 is 1. The molecule has 1 N–H and O–H groups in total. The van der Waals surface area contributed by atoms with Crippen molar-refractivity contribution in [3.05, 3.63) is 0 Å². The fourth-order valence-electron chi connectivity index (χ4n) is 0.845. The molecule has 70 valence electrons. The first-order chi connectivity index (χ1) is 5.74. The predicted molar refractivity (Wildman–Crippen MR) is 45.5 cm³/mol. The molecule has 0 bridgehead atoms. The van der Waals surface area contributed by atoms with Crippen molar-refractivity contribution >= 4 is 17.7 Å². The summed E-state index contributed by atoms with van der Waals surface area (Å²) in [7, 11) is 1.51. The first kappa shape index (κ1) is 9.83. The van der Waals surface area contributed by atoms with Crippen LogP contribution in [0.2, 0.25) is 0 Å². The van der Waals surface area contributed by atoms with Gasteiger partial charge in [-0.15, -0.1) is 11.8 Å². The summed E-state index contributed by atoms with van der Waals surface area (Å²) < 4.78 is 9.73. The first-order valence-electron chi connectivity index (χ1n) is 3.69. The van der Waals surface area contributed by atoms with Gasteiger partial charge in [0.2, 0.25) is 0 Å². The Hall–Kier alpha value is -0.260. The Morgan fingerprint density at radius 2 is 2.50 bits per heavy atom. The molecule has 0 aromatic rings. The van der Waals surface area contributed by atoms with Gasteiger partial charge in [0.05, 0.1) is 25.1 Å². The third-order valence-electron chi connectivity index (χ3n) is 1.56. The van der Waals surface area contributed by atoms with Gasteiger partial charge in [0.15, 0.2) is 0 Å². The molecule has 0 radical (unpaired) electrons. The monoisotopic (exact) mass is 192 g/mol. The zero-order chi connectivity index (χ0) is 8.97. The highest BCUT2D eigenvalue weighted by molar-refractivity contribution is 8.01. The first-order valence-corrected chi connectivity index (χ1v) is 4.63. The molecule has 1 aliphatic heterocycles. The number of hydrogen-bond donors (Lipinski definition) is 1. The van der Waals surface area contributed by atoms with E-state index in [-0.39, 0.29) is 6.61 Å². The molecule has 1 unspecified atom stereocenters. The van der Waals surface area contributed by atoms with Gasteiger partial charge in [-0.3, -0.25) is 4.79 Å². The topological polar surface area (TPSA) is 55.8 Å². The summed E-state index contributed by atoms with van der Waals surface area (Å²) in [6.45, 7) is 1.59. The number of carboxylic acid groups (broad SMARTS) is 1. The van der Waals surface area contributed by atoms with Crippen molar-refractivity contribution in [1.82, 2.24) is 0 Å². The Morgan fingerprint density at radius 1 is 1.83 bits per heavy atom. The average molecular weight is 192 g/mol. The smallest absolute Gasteiger partial charge is 0.319 e. The fourth-order valence-corrected chi connectivity index (χ4v) is 1.99. The summed E-state index contributed by atoms with van der Waals surface area (Å²) in [5, 5.41) is 8.61. The van der Waals surface area contributed by atoms with Gasteiger partial charge < -0.3 is 14.6 Å². The fraction of sp³-hybridized carbons (Fsp3) is 0.857. The highest BCUT2D eigenvalue weighted by atomic mass is 32.2.